The zero-order valence-corrected chi connectivity index (χ0v) is 14.7. The van der Waals surface area contributed by atoms with Crippen molar-refractivity contribution in [2.45, 2.75) is 36.0 Å². The smallest absolute Gasteiger partial charge is 0.319 e. The number of nitrogens with one attached hydrogen (secondary N) is 1. The van der Waals surface area contributed by atoms with Crippen molar-refractivity contribution < 1.29 is 19.1 Å². The van der Waals surface area contributed by atoms with E-state index < -0.39 is 17.1 Å². The SMILES string of the molecule is C[C@H](Sc1ccccc1)C(=O)OCC(=O)N(C)CC(=O)NC1CC1. The molecule has 0 unspecified atom stereocenters. The number of rotatable bonds is 8. The van der Waals surface area contributed by atoms with Gasteiger partial charge < -0.3 is 15.0 Å². The van der Waals surface area contributed by atoms with Gasteiger partial charge in [0.25, 0.3) is 5.91 Å². The third-order valence-electron chi connectivity index (χ3n) is 3.47. The van der Waals surface area contributed by atoms with Crippen molar-refractivity contribution in [2.24, 2.45) is 0 Å². The van der Waals surface area contributed by atoms with Crippen molar-refractivity contribution in [1.29, 1.82) is 0 Å². The summed E-state index contributed by atoms with van der Waals surface area (Å²) in [6, 6.07) is 9.77. The number of nitrogens with zero attached hydrogens (tertiary/aromatic N) is 1. The fourth-order valence-corrected chi connectivity index (χ4v) is 2.80. The predicted octanol–water partition coefficient (Wildman–Crippen LogP) is 1.45. The summed E-state index contributed by atoms with van der Waals surface area (Å²) >= 11 is 1.37. The quantitative estimate of drug-likeness (QED) is 0.567. The minimum atomic E-state index is -0.451. The number of hydrogen-bond acceptors (Lipinski definition) is 5. The Morgan fingerprint density at radius 1 is 1.29 bits per heavy atom. The lowest BCUT2D eigenvalue weighted by molar-refractivity contribution is -0.151. The molecule has 0 spiro atoms. The molecular formula is C17H22N2O4S. The third kappa shape index (κ3) is 6.23. The van der Waals surface area contributed by atoms with Gasteiger partial charge in [0.05, 0.1) is 6.54 Å². The second-order valence-corrected chi connectivity index (χ2v) is 7.19. The highest BCUT2D eigenvalue weighted by Gasteiger charge is 2.25. The van der Waals surface area contributed by atoms with Crippen LogP contribution in [0.1, 0.15) is 19.8 Å². The zero-order valence-electron chi connectivity index (χ0n) is 13.9. The lowest BCUT2D eigenvalue weighted by Crippen LogP contribution is -2.41. The molecule has 1 aliphatic carbocycles. The predicted molar refractivity (Wildman–Crippen MR) is 91.5 cm³/mol. The molecule has 6 nitrogen and oxygen atoms in total. The molecule has 7 heteroatoms. The number of likely N-dealkylation sites (N-methyl/N-ethyl adjacent to an activating group) is 1. The third-order valence-corrected chi connectivity index (χ3v) is 4.57. The monoisotopic (exact) mass is 350 g/mol. The molecule has 0 bridgehead atoms. The Morgan fingerprint density at radius 3 is 2.58 bits per heavy atom. The van der Waals surface area contributed by atoms with Gasteiger partial charge in [-0.1, -0.05) is 18.2 Å². The van der Waals surface area contributed by atoms with Crippen molar-refractivity contribution in [2.75, 3.05) is 20.2 Å². The number of benzene rings is 1. The number of amides is 2. The molecule has 24 heavy (non-hydrogen) atoms. The van der Waals surface area contributed by atoms with E-state index in [1.54, 1.807) is 6.92 Å². The van der Waals surface area contributed by atoms with Crippen molar-refractivity contribution in [3.05, 3.63) is 30.3 Å². The fraction of sp³-hybridized carbons (Fsp3) is 0.471. The van der Waals surface area contributed by atoms with E-state index in [1.165, 1.54) is 23.7 Å². The van der Waals surface area contributed by atoms with E-state index in [0.29, 0.717) is 0 Å². The summed E-state index contributed by atoms with van der Waals surface area (Å²) in [5, 5.41) is 2.39. The van der Waals surface area contributed by atoms with Gasteiger partial charge in [-0.25, -0.2) is 0 Å². The second kappa shape index (κ2) is 8.73. The van der Waals surface area contributed by atoms with Gasteiger partial charge in [0.2, 0.25) is 5.91 Å². The van der Waals surface area contributed by atoms with E-state index in [-0.39, 0.29) is 25.1 Å². The Labute approximate surface area is 145 Å². The molecule has 0 aliphatic heterocycles. The molecule has 1 saturated carbocycles. The minimum Gasteiger partial charge on any atom is -0.455 e. The molecule has 0 radical (unpaired) electrons. The minimum absolute atomic E-state index is 0.0266. The molecule has 1 aromatic carbocycles. The largest absolute Gasteiger partial charge is 0.455 e. The fourth-order valence-electron chi connectivity index (χ4n) is 1.92. The first kappa shape index (κ1) is 18.3. The van der Waals surface area contributed by atoms with E-state index in [9.17, 15) is 14.4 Å². The maximum absolute atomic E-state index is 12.0. The van der Waals surface area contributed by atoms with Crippen LogP contribution in [-0.2, 0) is 19.1 Å². The molecule has 130 valence electrons. The Balaban J connectivity index is 1.69. The number of ether oxygens (including phenoxy) is 1. The number of esters is 1. The Hall–Kier alpha value is -2.02. The maximum atomic E-state index is 12.0. The van der Waals surface area contributed by atoms with E-state index in [2.05, 4.69) is 5.32 Å². The van der Waals surface area contributed by atoms with Gasteiger partial charge in [-0.15, -0.1) is 11.8 Å². The van der Waals surface area contributed by atoms with Crippen molar-refractivity contribution in [3.8, 4) is 0 Å². The molecule has 1 aliphatic rings. The molecule has 1 N–H and O–H groups in total. The molecule has 1 aromatic rings. The summed E-state index contributed by atoms with van der Waals surface area (Å²) < 4.78 is 5.05. The van der Waals surface area contributed by atoms with Crippen LogP contribution in [0.15, 0.2) is 35.2 Å². The first-order chi connectivity index (χ1) is 11.5. The van der Waals surface area contributed by atoms with E-state index in [4.69, 9.17) is 4.74 Å². The molecule has 0 heterocycles. The molecule has 2 amide bonds. The zero-order chi connectivity index (χ0) is 17.5. The Kier molecular flexibility index (Phi) is 6.66. The lowest BCUT2D eigenvalue weighted by Gasteiger charge is -2.17. The molecular weight excluding hydrogens is 328 g/mol. The number of thioether (sulfide) groups is 1. The first-order valence-corrected chi connectivity index (χ1v) is 8.75. The van der Waals surface area contributed by atoms with E-state index in [0.717, 1.165) is 17.7 Å². The summed E-state index contributed by atoms with van der Waals surface area (Å²) in [6.07, 6.45) is 2.00. The maximum Gasteiger partial charge on any atom is 0.319 e. The van der Waals surface area contributed by atoms with E-state index >= 15 is 0 Å². The van der Waals surface area contributed by atoms with Crippen molar-refractivity contribution in [1.82, 2.24) is 10.2 Å². The van der Waals surface area contributed by atoms with Crippen LogP contribution in [0.2, 0.25) is 0 Å². The number of carbonyl (C=O) groups is 3. The highest BCUT2D eigenvalue weighted by Crippen LogP contribution is 2.23. The van der Waals surface area contributed by atoms with Gasteiger partial charge in [-0.2, -0.15) is 0 Å². The van der Waals surface area contributed by atoms with Crippen LogP contribution in [0.5, 0.6) is 0 Å². The topological polar surface area (TPSA) is 75.7 Å². The van der Waals surface area contributed by atoms with Crippen LogP contribution in [-0.4, -0.2) is 54.2 Å². The van der Waals surface area contributed by atoms with Crippen LogP contribution in [0.25, 0.3) is 0 Å². The standard InChI is InChI=1S/C17H22N2O4S/c1-12(24-14-6-4-3-5-7-14)17(22)23-11-16(21)19(2)10-15(20)18-13-8-9-13/h3-7,12-13H,8-11H2,1-2H3,(H,18,20)/t12-/m0/s1. The molecule has 2 rings (SSSR count). The van der Waals surface area contributed by atoms with Crippen LogP contribution < -0.4 is 5.32 Å². The van der Waals surface area contributed by atoms with Crippen molar-refractivity contribution >= 4 is 29.5 Å². The number of hydrogen-bond donors (Lipinski definition) is 1. The highest BCUT2D eigenvalue weighted by atomic mass is 32.2. The van der Waals surface area contributed by atoms with Crippen LogP contribution in [0.3, 0.4) is 0 Å². The van der Waals surface area contributed by atoms with Gasteiger partial charge in [-0.3, -0.25) is 14.4 Å². The van der Waals surface area contributed by atoms with Crippen LogP contribution in [0, 0.1) is 0 Å². The summed E-state index contributed by atoms with van der Waals surface area (Å²) in [4.78, 5) is 37.8. The van der Waals surface area contributed by atoms with Gasteiger partial charge in [0.15, 0.2) is 6.61 Å². The van der Waals surface area contributed by atoms with Gasteiger partial charge >= 0.3 is 5.97 Å². The van der Waals surface area contributed by atoms with E-state index in [1.807, 2.05) is 30.3 Å². The molecule has 0 saturated heterocycles. The molecule has 0 aromatic heterocycles. The van der Waals surface area contributed by atoms with Gasteiger partial charge in [0, 0.05) is 18.0 Å². The average Bonchev–Trinajstić information content (AvgIpc) is 3.36. The van der Waals surface area contributed by atoms with Crippen LogP contribution in [0.4, 0.5) is 0 Å². The first-order valence-electron chi connectivity index (χ1n) is 7.87. The van der Waals surface area contributed by atoms with Crippen LogP contribution >= 0.6 is 11.8 Å². The average molecular weight is 350 g/mol. The molecule has 1 fully saturated rings. The summed E-state index contributed by atoms with van der Waals surface area (Å²) in [7, 11) is 1.52. The second-order valence-electron chi connectivity index (χ2n) is 5.77. The summed E-state index contributed by atoms with van der Waals surface area (Å²) in [6.45, 7) is 1.35. The number of carbonyl (C=O) groups excluding carboxylic acids is 3. The lowest BCUT2D eigenvalue weighted by atomic mass is 10.4. The van der Waals surface area contributed by atoms with Gasteiger partial charge in [0.1, 0.15) is 5.25 Å². The highest BCUT2D eigenvalue weighted by molar-refractivity contribution is 8.00. The summed E-state index contributed by atoms with van der Waals surface area (Å²) in [5.74, 6) is -1.04. The Morgan fingerprint density at radius 2 is 1.96 bits per heavy atom. The Bertz CT molecular complexity index is 590. The summed E-state index contributed by atoms with van der Waals surface area (Å²) in [5.41, 5.74) is 0. The molecule has 1 atom stereocenters. The normalized spacial score (nSPS) is 14.6. The van der Waals surface area contributed by atoms with Gasteiger partial charge in [-0.05, 0) is 31.9 Å². The van der Waals surface area contributed by atoms with Crippen molar-refractivity contribution in [3.63, 3.8) is 0 Å².